The molecular formula is C36H50N8O4. The summed E-state index contributed by atoms with van der Waals surface area (Å²) in [7, 11) is 1.74. The Morgan fingerprint density at radius 2 is 1.67 bits per heavy atom. The van der Waals surface area contributed by atoms with E-state index in [0.717, 1.165) is 63.4 Å². The zero-order chi connectivity index (χ0) is 34.4. The number of benzene rings is 1. The van der Waals surface area contributed by atoms with Gasteiger partial charge in [0, 0.05) is 70.4 Å². The van der Waals surface area contributed by atoms with Crippen molar-refractivity contribution >= 4 is 40.8 Å². The van der Waals surface area contributed by atoms with Crippen molar-refractivity contribution in [2.45, 2.75) is 64.4 Å². The van der Waals surface area contributed by atoms with Gasteiger partial charge in [-0.2, -0.15) is 4.98 Å². The minimum absolute atomic E-state index is 0.236. The molecule has 0 atom stereocenters. The van der Waals surface area contributed by atoms with E-state index >= 15 is 0 Å². The molecule has 2 amide bonds. The van der Waals surface area contributed by atoms with Crippen molar-refractivity contribution in [2.75, 3.05) is 62.0 Å². The van der Waals surface area contributed by atoms with Crippen LogP contribution in [0.2, 0.25) is 0 Å². The number of piperazine rings is 1. The maximum Gasteiger partial charge on any atom is 0.256 e. The minimum Gasteiger partial charge on any atom is -0.385 e. The molecule has 3 heterocycles. The average Bonchev–Trinajstić information content (AvgIpc) is 3.08. The Morgan fingerprint density at radius 1 is 0.958 bits per heavy atom. The van der Waals surface area contributed by atoms with Gasteiger partial charge in [-0.25, -0.2) is 9.97 Å². The second-order valence-corrected chi connectivity index (χ2v) is 12.5. The van der Waals surface area contributed by atoms with Gasteiger partial charge in [-0.1, -0.05) is 37.8 Å². The number of amides is 2. The summed E-state index contributed by atoms with van der Waals surface area (Å²) in [6.45, 7) is 11.1. The van der Waals surface area contributed by atoms with E-state index in [4.69, 9.17) is 4.74 Å². The molecule has 258 valence electrons. The SMILES string of the molecule is C=CCNC(=O)c1cnc(Nc2ccc(N3CCN(C(=O)CCCCCCCCOC)CC3)cc2)nc1Nc1cccc(C(C)(C)O)n1. The summed E-state index contributed by atoms with van der Waals surface area (Å²) in [6.07, 6.45) is 10.4. The van der Waals surface area contributed by atoms with Crippen LogP contribution in [-0.2, 0) is 15.1 Å². The van der Waals surface area contributed by atoms with Gasteiger partial charge in [-0.15, -0.1) is 6.58 Å². The Balaban J connectivity index is 1.33. The fraction of sp³-hybridized carbons (Fsp3) is 0.472. The zero-order valence-electron chi connectivity index (χ0n) is 28.5. The number of unbranched alkanes of at least 4 members (excludes halogenated alkanes) is 5. The number of aromatic nitrogens is 3. The number of ether oxygens (including phenoxy) is 1. The number of rotatable bonds is 18. The standard InChI is InChI=1S/C36H50N8O4/c1-5-20-37-34(46)29-26-38-35(42-33(29)41-31-14-12-13-30(40-31)36(2,3)47)39-27-16-18-28(19-17-27)43-21-23-44(24-22-43)32(45)15-10-8-6-7-9-11-25-48-4/h5,12-14,16-19,26,47H,1,6-11,15,20-25H2,2-4H3,(H,37,46)(H2,38,39,40,41,42). The largest absolute Gasteiger partial charge is 0.385 e. The number of methoxy groups -OCH3 is 1. The third-order valence-corrected chi connectivity index (χ3v) is 8.17. The van der Waals surface area contributed by atoms with Crippen molar-refractivity contribution in [2.24, 2.45) is 0 Å². The second-order valence-electron chi connectivity index (χ2n) is 12.5. The van der Waals surface area contributed by atoms with E-state index in [9.17, 15) is 14.7 Å². The molecule has 0 unspecified atom stereocenters. The number of hydrogen-bond donors (Lipinski definition) is 4. The van der Waals surface area contributed by atoms with Crippen molar-refractivity contribution in [1.82, 2.24) is 25.2 Å². The predicted molar refractivity (Wildman–Crippen MR) is 190 cm³/mol. The first-order chi connectivity index (χ1) is 23.2. The lowest BCUT2D eigenvalue weighted by atomic mass is 10.1. The number of hydrogen-bond acceptors (Lipinski definition) is 10. The molecule has 0 bridgehead atoms. The second kappa shape index (κ2) is 18.1. The lowest BCUT2D eigenvalue weighted by Crippen LogP contribution is -2.48. The number of nitrogens with one attached hydrogen (secondary N) is 3. The fourth-order valence-electron chi connectivity index (χ4n) is 5.42. The zero-order valence-corrected chi connectivity index (χ0v) is 28.5. The fourth-order valence-corrected chi connectivity index (χ4v) is 5.42. The molecular weight excluding hydrogens is 608 g/mol. The number of nitrogens with zero attached hydrogens (tertiary/aromatic N) is 5. The van der Waals surface area contributed by atoms with E-state index < -0.39 is 5.60 Å². The van der Waals surface area contributed by atoms with Crippen LogP contribution in [0.5, 0.6) is 0 Å². The molecule has 4 N–H and O–H groups in total. The first-order valence-electron chi connectivity index (χ1n) is 16.8. The van der Waals surface area contributed by atoms with Crippen LogP contribution in [0.3, 0.4) is 0 Å². The van der Waals surface area contributed by atoms with Gasteiger partial charge in [-0.3, -0.25) is 9.59 Å². The van der Waals surface area contributed by atoms with Gasteiger partial charge in [0.25, 0.3) is 5.91 Å². The smallest absolute Gasteiger partial charge is 0.256 e. The number of carbonyl (C=O) groups excluding carboxylic acids is 2. The van der Waals surface area contributed by atoms with Gasteiger partial charge in [0.1, 0.15) is 22.8 Å². The van der Waals surface area contributed by atoms with Crippen molar-refractivity contribution in [3.63, 3.8) is 0 Å². The topological polar surface area (TPSA) is 145 Å². The summed E-state index contributed by atoms with van der Waals surface area (Å²) in [5, 5.41) is 19.5. The van der Waals surface area contributed by atoms with Crippen LogP contribution in [-0.4, -0.2) is 83.2 Å². The maximum atomic E-state index is 12.9. The van der Waals surface area contributed by atoms with Gasteiger partial charge in [-0.05, 0) is 63.1 Å². The Bertz CT molecular complexity index is 1480. The highest BCUT2D eigenvalue weighted by molar-refractivity contribution is 5.99. The summed E-state index contributed by atoms with van der Waals surface area (Å²) in [5.41, 5.74) is 1.43. The summed E-state index contributed by atoms with van der Waals surface area (Å²) < 4.78 is 5.10. The number of anilines is 5. The molecule has 2 aromatic heterocycles. The lowest BCUT2D eigenvalue weighted by Gasteiger charge is -2.36. The molecule has 1 aromatic carbocycles. The number of pyridine rings is 1. The van der Waals surface area contributed by atoms with Crippen LogP contribution in [0.25, 0.3) is 0 Å². The molecule has 48 heavy (non-hydrogen) atoms. The third kappa shape index (κ3) is 11.0. The molecule has 0 saturated carbocycles. The molecule has 0 radical (unpaired) electrons. The molecule has 3 aromatic rings. The van der Waals surface area contributed by atoms with E-state index in [-0.39, 0.29) is 23.2 Å². The van der Waals surface area contributed by atoms with E-state index in [0.29, 0.717) is 30.4 Å². The highest BCUT2D eigenvalue weighted by atomic mass is 16.5. The molecule has 0 aliphatic carbocycles. The summed E-state index contributed by atoms with van der Waals surface area (Å²) in [5.74, 6) is 0.872. The first-order valence-corrected chi connectivity index (χ1v) is 16.8. The Labute approximate surface area is 284 Å². The van der Waals surface area contributed by atoms with E-state index in [1.807, 2.05) is 29.2 Å². The van der Waals surface area contributed by atoms with Crippen LogP contribution in [0.4, 0.5) is 29.0 Å². The molecule has 1 fully saturated rings. The number of carbonyl (C=O) groups is 2. The maximum absolute atomic E-state index is 12.9. The van der Waals surface area contributed by atoms with Crippen LogP contribution in [0.15, 0.2) is 61.3 Å². The van der Waals surface area contributed by atoms with E-state index in [2.05, 4.69) is 42.4 Å². The van der Waals surface area contributed by atoms with Gasteiger partial charge >= 0.3 is 0 Å². The Kier molecular flexibility index (Phi) is 13.7. The molecule has 1 aliphatic rings. The summed E-state index contributed by atoms with van der Waals surface area (Å²) in [6, 6.07) is 13.2. The normalized spacial score (nSPS) is 13.2. The van der Waals surface area contributed by atoms with Crippen LogP contribution >= 0.6 is 0 Å². The van der Waals surface area contributed by atoms with Gasteiger partial charge in [0.2, 0.25) is 11.9 Å². The monoisotopic (exact) mass is 658 g/mol. The van der Waals surface area contributed by atoms with Gasteiger partial charge < -0.3 is 35.6 Å². The van der Waals surface area contributed by atoms with Crippen molar-refractivity contribution in [1.29, 1.82) is 0 Å². The highest BCUT2D eigenvalue weighted by Gasteiger charge is 2.22. The van der Waals surface area contributed by atoms with E-state index in [1.54, 1.807) is 45.2 Å². The molecule has 12 nitrogen and oxygen atoms in total. The predicted octanol–water partition coefficient (Wildman–Crippen LogP) is 5.53. The Morgan fingerprint density at radius 3 is 2.35 bits per heavy atom. The Hall–Kier alpha value is -4.55. The van der Waals surface area contributed by atoms with Crippen LogP contribution < -0.4 is 20.9 Å². The van der Waals surface area contributed by atoms with Crippen molar-refractivity contribution in [3.8, 4) is 0 Å². The molecule has 0 spiro atoms. The molecule has 1 saturated heterocycles. The summed E-state index contributed by atoms with van der Waals surface area (Å²) >= 11 is 0. The molecule has 12 heteroatoms. The average molecular weight is 659 g/mol. The quantitative estimate of drug-likeness (QED) is 0.102. The molecule has 4 rings (SSSR count). The highest BCUT2D eigenvalue weighted by Crippen LogP contribution is 2.25. The minimum atomic E-state index is -1.14. The first kappa shape index (κ1) is 36.3. The van der Waals surface area contributed by atoms with Gasteiger partial charge in [0.15, 0.2) is 0 Å². The van der Waals surface area contributed by atoms with Crippen molar-refractivity contribution < 1.29 is 19.4 Å². The summed E-state index contributed by atoms with van der Waals surface area (Å²) in [4.78, 5) is 43.4. The van der Waals surface area contributed by atoms with Crippen LogP contribution in [0, 0.1) is 0 Å². The van der Waals surface area contributed by atoms with E-state index in [1.165, 1.54) is 25.5 Å². The van der Waals surface area contributed by atoms with Gasteiger partial charge in [0.05, 0.1) is 5.69 Å². The lowest BCUT2D eigenvalue weighted by molar-refractivity contribution is -0.131. The van der Waals surface area contributed by atoms with Crippen LogP contribution in [0.1, 0.15) is 74.8 Å². The van der Waals surface area contributed by atoms with Crippen molar-refractivity contribution in [3.05, 3.63) is 72.6 Å². The molecule has 1 aliphatic heterocycles. The third-order valence-electron chi connectivity index (χ3n) is 8.17. The number of aliphatic hydroxyl groups is 1.